The standard InChI is InChI=1S/C17H22N4O2.C17H20N2O3.C2H6O/c1-17(2,3)23-16(22)21-10-12-7-5-4-6-11(12)8-14(21)13-9-15(18)20-19-13;1-17(2,3)22-16(21)19-11-13-7-5-4-6-12(13)10-14(19)15(20)8-9-18;1-2-3/h4-7,9,14H,8,10H2,1-3H3,(H3,18,19,20);4-7,14H,8,10-11H2,1-3H3;3H,2H2,1H3/t2*14-;/m00./s1. The number of aromatic nitrogens is 2. The first-order chi connectivity index (χ1) is 22.6. The fourth-order valence-corrected chi connectivity index (χ4v) is 5.36. The van der Waals surface area contributed by atoms with Gasteiger partial charge in [0.15, 0.2) is 5.78 Å². The topological polar surface area (TPSA) is 175 Å². The molecule has 0 fully saturated rings. The molecule has 1 aromatic heterocycles. The number of amides is 2. The van der Waals surface area contributed by atoms with Gasteiger partial charge in [-0.05, 0) is 77.1 Å². The van der Waals surface area contributed by atoms with E-state index in [9.17, 15) is 14.4 Å². The zero-order valence-electron chi connectivity index (χ0n) is 28.9. The molecule has 0 radical (unpaired) electrons. The lowest BCUT2D eigenvalue weighted by Crippen LogP contribution is -2.50. The third kappa shape index (κ3) is 10.6. The number of hydrogen-bond acceptors (Lipinski definition) is 9. The molecule has 12 heteroatoms. The van der Waals surface area contributed by atoms with Crippen LogP contribution in [0.1, 0.15) is 88.9 Å². The number of hydrogen-bond donors (Lipinski definition) is 3. The number of nitrogen functional groups attached to an aromatic ring is 1. The lowest BCUT2D eigenvalue weighted by atomic mass is 9.91. The molecule has 2 aliphatic heterocycles. The number of anilines is 1. The van der Waals surface area contributed by atoms with Gasteiger partial charge in [0.05, 0.1) is 36.8 Å². The molecule has 2 aromatic carbocycles. The van der Waals surface area contributed by atoms with E-state index in [0.717, 1.165) is 22.4 Å². The number of fused-ring (bicyclic) bond motifs is 2. The fourth-order valence-electron chi connectivity index (χ4n) is 5.36. The number of benzene rings is 2. The van der Waals surface area contributed by atoms with Gasteiger partial charge in [-0.25, -0.2) is 9.59 Å². The highest BCUT2D eigenvalue weighted by Crippen LogP contribution is 2.34. The molecule has 48 heavy (non-hydrogen) atoms. The van der Waals surface area contributed by atoms with E-state index in [1.54, 1.807) is 38.7 Å². The van der Waals surface area contributed by atoms with Crippen molar-refractivity contribution in [1.29, 1.82) is 5.26 Å². The highest BCUT2D eigenvalue weighted by molar-refractivity contribution is 5.89. The Labute approximate surface area is 282 Å². The van der Waals surface area contributed by atoms with Crippen LogP contribution in [-0.2, 0) is 40.2 Å². The largest absolute Gasteiger partial charge is 0.444 e. The number of aromatic amines is 1. The van der Waals surface area contributed by atoms with Crippen molar-refractivity contribution in [3.8, 4) is 6.07 Å². The average molecular weight is 661 g/mol. The minimum absolute atomic E-state index is 0.162. The van der Waals surface area contributed by atoms with E-state index >= 15 is 0 Å². The predicted octanol–water partition coefficient (Wildman–Crippen LogP) is 5.86. The molecule has 2 atom stereocenters. The minimum Gasteiger partial charge on any atom is -0.444 e. The van der Waals surface area contributed by atoms with Crippen LogP contribution in [0, 0.1) is 11.3 Å². The molecule has 12 nitrogen and oxygen atoms in total. The highest BCUT2D eigenvalue weighted by Gasteiger charge is 2.37. The van der Waals surface area contributed by atoms with Gasteiger partial charge >= 0.3 is 12.2 Å². The van der Waals surface area contributed by atoms with Crippen molar-refractivity contribution in [3.63, 3.8) is 0 Å². The number of ether oxygens (including phenoxy) is 2. The van der Waals surface area contributed by atoms with E-state index in [-0.39, 0.29) is 30.9 Å². The van der Waals surface area contributed by atoms with Crippen molar-refractivity contribution < 1.29 is 29.0 Å². The van der Waals surface area contributed by atoms with Crippen LogP contribution in [-0.4, -0.2) is 66.9 Å². The monoisotopic (exact) mass is 660 g/mol. The van der Waals surface area contributed by atoms with Gasteiger partial charge in [0.2, 0.25) is 0 Å². The second-order valence-corrected chi connectivity index (χ2v) is 13.6. The van der Waals surface area contributed by atoms with Gasteiger partial charge in [0, 0.05) is 25.6 Å². The Morgan fingerprint density at radius 2 is 1.35 bits per heavy atom. The first-order valence-corrected chi connectivity index (χ1v) is 16.0. The summed E-state index contributed by atoms with van der Waals surface area (Å²) in [6, 6.07) is 18.7. The number of aliphatic hydroxyl groups excluding tert-OH is 1. The number of Topliss-reactive ketones (excluding diaryl/α,β-unsaturated/α-hetero) is 1. The summed E-state index contributed by atoms with van der Waals surface area (Å²) in [7, 11) is 0. The highest BCUT2D eigenvalue weighted by atomic mass is 16.6. The van der Waals surface area contributed by atoms with Crippen molar-refractivity contribution in [1.82, 2.24) is 20.0 Å². The zero-order chi connectivity index (χ0) is 35.6. The van der Waals surface area contributed by atoms with Gasteiger partial charge in [-0.3, -0.25) is 19.7 Å². The van der Waals surface area contributed by atoms with E-state index < -0.39 is 23.3 Å². The van der Waals surface area contributed by atoms with Crippen LogP contribution in [0.2, 0.25) is 0 Å². The Bertz CT molecular complexity index is 1600. The van der Waals surface area contributed by atoms with Crippen LogP contribution < -0.4 is 5.73 Å². The maximum atomic E-state index is 12.7. The Kier molecular flexibility index (Phi) is 12.7. The predicted molar refractivity (Wildman–Crippen MR) is 181 cm³/mol. The van der Waals surface area contributed by atoms with E-state index in [2.05, 4.69) is 16.3 Å². The number of aliphatic hydroxyl groups is 1. The van der Waals surface area contributed by atoms with Crippen LogP contribution in [0.5, 0.6) is 0 Å². The van der Waals surface area contributed by atoms with Crippen LogP contribution in [0.4, 0.5) is 15.4 Å². The Balaban J connectivity index is 0.000000241. The number of rotatable bonds is 3. The molecule has 3 heterocycles. The Hall–Kier alpha value is -4.89. The third-order valence-electron chi connectivity index (χ3n) is 7.35. The van der Waals surface area contributed by atoms with Crippen molar-refractivity contribution >= 4 is 23.8 Å². The number of H-pyrrole nitrogens is 1. The molecule has 2 aliphatic rings. The molecule has 0 unspecified atom stereocenters. The van der Waals surface area contributed by atoms with Gasteiger partial charge in [-0.15, -0.1) is 0 Å². The molecule has 4 N–H and O–H groups in total. The normalized spacial score (nSPS) is 16.8. The summed E-state index contributed by atoms with van der Waals surface area (Å²) in [6.07, 6.45) is 0.0857. The molecule has 0 saturated carbocycles. The van der Waals surface area contributed by atoms with Crippen molar-refractivity contribution in [2.24, 2.45) is 0 Å². The molecule has 2 amide bonds. The quantitative estimate of drug-likeness (QED) is 0.311. The van der Waals surface area contributed by atoms with Gasteiger partial charge < -0.3 is 20.3 Å². The molecule has 0 saturated heterocycles. The number of carbonyl (C=O) groups is 3. The molecule has 3 aromatic rings. The van der Waals surface area contributed by atoms with E-state index in [1.807, 2.05) is 69.3 Å². The van der Waals surface area contributed by atoms with Gasteiger partial charge in [-0.1, -0.05) is 48.5 Å². The van der Waals surface area contributed by atoms with E-state index in [0.29, 0.717) is 31.7 Å². The van der Waals surface area contributed by atoms with Gasteiger partial charge in [-0.2, -0.15) is 10.4 Å². The van der Waals surface area contributed by atoms with Crippen molar-refractivity contribution in [3.05, 3.63) is 82.5 Å². The summed E-state index contributed by atoms with van der Waals surface area (Å²) in [6.45, 7) is 13.7. The SMILES string of the molecule is CC(C)(C)OC(=O)N1Cc2ccccc2C[C@H]1C(=O)CC#N.CC(C)(C)OC(=O)N1Cc2ccccc2C[C@H]1c1cc(N)n[nH]1.CCO. The maximum Gasteiger partial charge on any atom is 0.411 e. The van der Waals surface area contributed by atoms with Gasteiger partial charge in [0.25, 0.3) is 0 Å². The fraction of sp³-hybridized carbons (Fsp3) is 0.472. The van der Waals surface area contributed by atoms with Crippen LogP contribution in [0.25, 0.3) is 0 Å². The number of nitrogens with one attached hydrogen (secondary N) is 1. The van der Waals surface area contributed by atoms with Crippen LogP contribution >= 0.6 is 0 Å². The summed E-state index contributed by atoms with van der Waals surface area (Å²) in [5, 5.41) is 23.3. The summed E-state index contributed by atoms with van der Waals surface area (Å²) in [5.41, 5.74) is 9.80. The first kappa shape index (κ1) is 37.6. The minimum atomic E-state index is -0.635. The Morgan fingerprint density at radius 3 is 1.81 bits per heavy atom. The molecular weight excluding hydrogens is 612 g/mol. The molecule has 258 valence electrons. The average Bonchev–Trinajstić information content (AvgIpc) is 3.45. The number of nitrogens with zero attached hydrogens (tertiary/aromatic N) is 4. The van der Waals surface area contributed by atoms with E-state index in [1.165, 1.54) is 10.5 Å². The van der Waals surface area contributed by atoms with Crippen molar-refractivity contribution in [2.45, 2.75) is 104 Å². The number of ketones is 1. The molecule has 0 spiro atoms. The number of nitriles is 1. The van der Waals surface area contributed by atoms with Crippen LogP contribution in [0.15, 0.2) is 54.6 Å². The number of nitrogens with two attached hydrogens (primary N) is 1. The lowest BCUT2D eigenvalue weighted by Gasteiger charge is -2.37. The molecular formula is C36H48N6O6. The molecule has 0 bridgehead atoms. The summed E-state index contributed by atoms with van der Waals surface area (Å²) in [4.78, 5) is 40.5. The molecule has 0 aliphatic carbocycles. The van der Waals surface area contributed by atoms with E-state index in [4.69, 9.17) is 25.6 Å². The Morgan fingerprint density at radius 1 is 0.896 bits per heavy atom. The third-order valence-corrected chi connectivity index (χ3v) is 7.35. The van der Waals surface area contributed by atoms with Gasteiger partial charge in [0.1, 0.15) is 17.0 Å². The summed E-state index contributed by atoms with van der Waals surface area (Å²) < 4.78 is 11.0. The van der Waals surface area contributed by atoms with Crippen molar-refractivity contribution in [2.75, 3.05) is 12.3 Å². The second-order valence-electron chi connectivity index (χ2n) is 13.6. The van der Waals surface area contributed by atoms with Crippen LogP contribution in [0.3, 0.4) is 0 Å². The smallest absolute Gasteiger partial charge is 0.411 e. The first-order valence-electron chi connectivity index (χ1n) is 16.0. The summed E-state index contributed by atoms with van der Waals surface area (Å²) >= 11 is 0. The second kappa shape index (κ2) is 16.3. The summed E-state index contributed by atoms with van der Waals surface area (Å²) in [5.74, 6) is 0.172. The lowest BCUT2D eigenvalue weighted by molar-refractivity contribution is -0.123. The molecule has 5 rings (SSSR count). The zero-order valence-corrected chi connectivity index (χ0v) is 28.9. The maximum absolute atomic E-state index is 12.7. The number of carbonyl (C=O) groups excluding carboxylic acids is 3.